The summed E-state index contributed by atoms with van der Waals surface area (Å²) < 4.78 is 22.8. The fourth-order valence-electron chi connectivity index (χ4n) is 2.13. The first-order valence-electron chi connectivity index (χ1n) is 5.61. The molecule has 0 aliphatic carbocycles. The van der Waals surface area contributed by atoms with Gasteiger partial charge in [-0.25, -0.2) is 8.42 Å². The lowest BCUT2D eigenvalue weighted by Crippen LogP contribution is -2.32. The molecule has 0 unspecified atom stereocenters. The monoisotopic (exact) mass is 273 g/mol. The van der Waals surface area contributed by atoms with Crippen molar-refractivity contribution in [1.29, 1.82) is 0 Å². The molecule has 0 saturated carbocycles. The van der Waals surface area contributed by atoms with Gasteiger partial charge in [-0.15, -0.1) is 0 Å². The van der Waals surface area contributed by atoms with Gasteiger partial charge in [0.15, 0.2) is 9.84 Å². The predicted molar refractivity (Wildman–Crippen MR) is 70.0 cm³/mol. The Hall–Kier alpha value is -0.580. The second kappa shape index (κ2) is 4.96. The van der Waals surface area contributed by atoms with E-state index in [9.17, 15) is 8.42 Å². The van der Waals surface area contributed by atoms with E-state index >= 15 is 0 Å². The lowest BCUT2D eigenvalue weighted by molar-refractivity contribution is 0.254. The third-order valence-electron chi connectivity index (χ3n) is 3.18. The highest BCUT2D eigenvalue weighted by Gasteiger charge is 2.30. The van der Waals surface area contributed by atoms with Gasteiger partial charge in [0.05, 0.1) is 11.5 Å². The van der Waals surface area contributed by atoms with Crippen LogP contribution < -0.4 is 0 Å². The van der Waals surface area contributed by atoms with Crippen LogP contribution in [0.2, 0.25) is 5.02 Å². The van der Waals surface area contributed by atoms with E-state index in [0.29, 0.717) is 5.75 Å². The average molecular weight is 274 g/mol. The molecule has 0 amide bonds. The number of sulfone groups is 1. The zero-order valence-electron chi connectivity index (χ0n) is 9.77. The van der Waals surface area contributed by atoms with Crippen LogP contribution in [0.5, 0.6) is 0 Å². The number of nitrogens with zero attached hydrogens (tertiary/aromatic N) is 1. The Morgan fingerprint density at radius 1 is 1.35 bits per heavy atom. The zero-order valence-corrected chi connectivity index (χ0v) is 11.3. The summed E-state index contributed by atoms with van der Waals surface area (Å²) in [5.41, 5.74) is 1.15. The Kier molecular flexibility index (Phi) is 3.76. The lowest BCUT2D eigenvalue weighted by Gasteiger charge is -2.23. The Morgan fingerprint density at radius 3 is 2.53 bits per heavy atom. The highest BCUT2D eigenvalue weighted by atomic mass is 35.5. The summed E-state index contributed by atoms with van der Waals surface area (Å²) in [5.74, 6) is 0.611. The van der Waals surface area contributed by atoms with Crippen molar-refractivity contribution in [1.82, 2.24) is 4.90 Å². The number of rotatable bonds is 3. The Balaban J connectivity index is 1.98. The van der Waals surface area contributed by atoms with Crippen LogP contribution in [-0.4, -0.2) is 37.9 Å². The van der Waals surface area contributed by atoms with Gasteiger partial charge in [0.2, 0.25) is 0 Å². The molecule has 94 valence electrons. The summed E-state index contributed by atoms with van der Waals surface area (Å²) in [6.07, 6.45) is 0.742. The van der Waals surface area contributed by atoms with Crippen LogP contribution in [-0.2, 0) is 16.4 Å². The average Bonchev–Trinajstić information content (AvgIpc) is 2.62. The summed E-state index contributed by atoms with van der Waals surface area (Å²) in [4.78, 5) is 2.10. The van der Waals surface area contributed by atoms with Crippen molar-refractivity contribution < 1.29 is 8.42 Å². The number of benzene rings is 1. The van der Waals surface area contributed by atoms with Gasteiger partial charge >= 0.3 is 0 Å². The number of halogens is 1. The first-order valence-corrected chi connectivity index (χ1v) is 7.81. The molecule has 1 heterocycles. The molecule has 17 heavy (non-hydrogen) atoms. The normalized spacial score (nSPS) is 23.1. The lowest BCUT2D eigenvalue weighted by atomic mass is 10.1. The maximum absolute atomic E-state index is 11.4. The van der Waals surface area contributed by atoms with Crippen LogP contribution in [0.15, 0.2) is 24.3 Å². The van der Waals surface area contributed by atoms with E-state index in [1.807, 2.05) is 31.3 Å². The molecule has 1 atom stereocenters. The first kappa shape index (κ1) is 12.9. The predicted octanol–water partition coefficient (Wildman–Crippen LogP) is 1.96. The molecule has 1 saturated heterocycles. The third kappa shape index (κ3) is 3.44. The summed E-state index contributed by atoms with van der Waals surface area (Å²) in [7, 11) is -0.830. The van der Waals surface area contributed by atoms with Crippen molar-refractivity contribution in [3.63, 3.8) is 0 Å². The molecule has 3 nitrogen and oxygen atoms in total. The van der Waals surface area contributed by atoms with Crippen molar-refractivity contribution in [2.45, 2.75) is 19.0 Å². The molecule has 0 bridgehead atoms. The van der Waals surface area contributed by atoms with Gasteiger partial charge in [-0.3, -0.25) is 4.90 Å². The maximum atomic E-state index is 11.4. The highest BCUT2D eigenvalue weighted by molar-refractivity contribution is 7.91. The summed E-state index contributed by atoms with van der Waals surface area (Å²) in [6, 6.07) is 7.81. The molecule has 1 aliphatic rings. The minimum Gasteiger partial charge on any atom is -0.298 e. The molecule has 2 rings (SSSR count). The molecule has 0 radical (unpaired) electrons. The van der Waals surface area contributed by atoms with Gasteiger partial charge in [0.25, 0.3) is 0 Å². The molecule has 1 fully saturated rings. The van der Waals surface area contributed by atoms with Crippen molar-refractivity contribution in [2.24, 2.45) is 0 Å². The molecule has 5 heteroatoms. The van der Waals surface area contributed by atoms with E-state index in [1.165, 1.54) is 0 Å². The second-order valence-corrected chi connectivity index (χ2v) is 7.26. The fourth-order valence-corrected chi connectivity index (χ4v) is 4.06. The Bertz CT molecular complexity index is 484. The fraction of sp³-hybridized carbons (Fsp3) is 0.500. The van der Waals surface area contributed by atoms with Crippen molar-refractivity contribution in [3.8, 4) is 0 Å². The smallest absolute Gasteiger partial charge is 0.151 e. The minimum atomic E-state index is -2.80. The van der Waals surface area contributed by atoms with Gasteiger partial charge in [0, 0.05) is 17.6 Å². The molecule has 0 N–H and O–H groups in total. The first-order chi connectivity index (χ1) is 7.96. The Morgan fingerprint density at radius 2 is 2.00 bits per heavy atom. The third-order valence-corrected chi connectivity index (χ3v) is 5.18. The second-order valence-electron chi connectivity index (χ2n) is 4.60. The molecular weight excluding hydrogens is 258 g/mol. The highest BCUT2D eigenvalue weighted by Crippen LogP contribution is 2.19. The summed E-state index contributed by atoms with van der Waals surface area (Å²) >= 11 is 5.82. The van der Waals surface area contributed by atoms with Crippen LogP contribution in [0.25, 0.3) is 0 Å². The SMILES string of the molecule is CN(Cc1ccc(Cl)cc1)[C@H]1CCS(=O)(=O)C1. The molecule has 1 aromatic rings. The van der Waals surface area contributed by atoms with Gasteiger partial charge in [-0.1, -0.05) is 23.7 Å². The Labute approximate surface area is 107 Å². The van der Waals surface area contributed by atoms with Crippen molar-refractivity contribution in [2.75, 3.05) is 18.6 Å². The number of hydrogen-bond donors (Lipinski definition) is 0. The maximum Gasteiger partial charge on any atom is 0.151 e. The molecule has 1 aromatic carbocycles. The molecule has 0 spiro atoms. The topological polar surface area (TPSA) is 37.4 Å². The van der Waals surface area contributed by atoms with Crippen LogP contribution in [0.3, 0.4) is 0 Å². The van der Waals surface area contributed by atoms with Gasteiger partial charge in [-0.2, -0.15) is 0 Å². The quantitative estimate of drug-likeness (QED) is 0.845. The van der Waals surface area contributed by atoms with E-state index in [4.69, 9.17) is 11.6 Å². The molecule has 0 aromatic heterocycles. The summed E-state index contributed by atoms with van der Waals surface area (Å²) in [5, 5.41) is 0.722. The van der Waals surface area contributed by atoms with E-state index < -0.39 is 9.84 Å². The van der Waals surface area contributed by atoms with E-state index in [2.05, 4.69) is 4.90 Å². The van der Waals surface area contributed by atoms with E-state index in [1.54, 1.807) is 0 Å². The van der Waals surface area contributed by atoms with Crippen molar-refractivity contribution in [3.05, 3.63) is 34.9 Å². The van der Waals surface area contributed by atoms with Crippen LogP contribution in [0.4, 0.5) is 0 Å². The minimum absolute atomic E-state index is 0.149. The summed E-state index contributed by atoms with van der Waals surface area (Å²) in [6.45, 7) is 0.761. The molecular formula is C12H16ClNO2S. The van der Waals surface area contributed by atoms with Crippen LogP contribution in [0, 0.1) is 0 Å². The standard InChI is InChI=1S/C12H16ClNO2S/c1-14(12-6-7-17(15,16)9-12)8-10-2-4-11(13)5-3-10/h2-5,12H,6-9H2,1H3/t12-/m0/s1. The van der Waals surface area contributed by atoms with Gasteiger partial charge < -0.3 is 0 Å². The van der Waals surface area contributed by atoms with Gasteiger partial charge in [-0.05, 0) is 31.2 Å². The molecule has 1 aliphatic heterocycles. The van der Waals surface area contributed by atoms with E-state index in [0.717, 1.165) is 23.6 Å². The van der Waals surface area contributed by atoms with Crippen LogP contribution in [0.1, 0.15) is 12.0 Å². The largest absolute Gasteiger partial charge is 0.298 e. The van der Waals surface area contributed by atoms with E-state index in [-0.39, 0.29) is 11.8 Å². The van der Waals surface area contributed by atoms with Crippen LogP contribution >= 0.6 is 11.6 Å². The zero-order chi connectivity index (χ0) is 12.5. The van der Waals surface area contributed by atoms with Gasteiger partial charge in [0.1, 0.15) is 0 Å². The number of hydrogen-bond acceptors (Lipinski definition) is 3. The van der Waals surface area contributed by atoms with Crippen molar-refractivity contribution >= 4 is 21.4 Å².